The molecule has 21 heavy (non-hydrogen) atoms. The van der Waals surface area contributed by atoms with Crippen molar-refractivity contribution in [3.05, 3.63) is 4.88 Å². The molecule has 0 saturated carbocycles. The van der Waals surface area contributed by atoms with Crippen molar-refractivity contribution in [3.8, 4) is 0 Å². The van der Waals surface area contributed by atoms with E-state index in [9.17, 15) is 9.59 Å². The minimum absolute atomic E-state index is 0.188. The number of hydrogen-bond donors (Lipinski definition) is 3. The standard InChI is InChI=1S/C13H21N5O2S/c1-7(2)16-12-17-9(14)8(21-12)10(19)18-5-4-13(3,6-18)11(15)20/h7H,4-6,14H2,1-3H3,(H2,15,20)(H,16,17). The largest absolute Gasteiger partial charge is 0.382 e. The quantitative estimate of drug-likeness (QED) is 0.763. The van der Waals surface area contributed by atoms with Gasteiger partial charge < -0.3 is 21.7 Å². The first-order valence-corrected chi connectivity index (χ1v) is 7.66. The maximum absolute atomic E-state index is 12.5. The summed E-state index contributed by atoms with van der Waals surface area (Å²) in [7, 11) is 0. The van der Waals surface area contributed by atoms with E-state index >= 15 is 0 Å². The third kappa shape index (κ3) is 3.10. The molecule has 116 valence electrons. The molecule has 1 aliphatic rings. The molecule has 8 heteroatoms. The van der Waals surface area contributed by atoms with E-state index in [0.717, 1.165) is 0 Å². The molecule has 7 nitrogen and oxygen atoms in total. The van der Waals surface area contributed by atoms with Crippen molar-refractivity contribution in [1.82, 2.24) is 9.88 Å². The van der Waals surface area contributed by atoms with E-state index in [-0.39, 0.29) is 23.7 Å². The molecule has 5 N–H and O–H groups in total. The first kappa shape index (κ1) is 15.6. The second-order valence-electron chi connectivity index (χ2n) is 5.93. The zero-order valence-corrected chi connectivity index (χ0v) is 13.3. The zero-order chi connectivity index (χ0) is 15.8. The van der Waals surface area contributed by atoms with Gasteiger partial charge in [-0.2, -0.15) is 0 Å². The number of carbonyl (C=O) groups excluding carboxylic acids is 2. The van der Waals surface area contributed by atoms with E-state index in [4.69, 9.17) is 11.5 Å². The van der Waals surface area contributed by atoms with Gasteiger partial charge in [-0.05, 0) is 27.2 Å². The summed E-state index contributed by atoms with van der Waals surface area (Å²) in [6, 6.07) is 0.212. The number of nitrogen functional groups attached to an aromatic ring is 1. The summed E-state index contributed by atoms with van der Waals surface area (Å²) in [4.78, 5) is 30.2. The van der Waals surface area contributed by atoms with E-state index in [1.165, 1.54) is 11.3 Å². The van der Waals surface area contributed by atoms with Crippen LogP contribution in [0.4, 0.5) is 10.9 Å². The molecule has 0 bridgehead atoms. The van der Waals surface area contributed by atoms with Crippen LogP contribution >= 0.6 is 11.3 Å². The summed E-state index contributed by atoms with van der Waals surface area (Å²) in [6.45, 7) is 6.58. The Morgan fingerprint density at radius 2 is 2.14 bits per heavy atom. The second kappa shape index (κ2) is 5.51. The number of nitrogens with zero attached hydrogens (tertiary/aromatic N) is 2. The van der Waals surface area contributed by atoms with Gasteiger partial charge in [-0.1, -0.05) is 11.3 Å². The molecule has 2 rings (SSSR count). The van der Waals surface area contributed by atoms with Crippen molar-refractivity contribution in [2.75, 3.05) is 24.1 Å². The highest BCUT2D eigenvalue weighted by atomic mass is 32.1. The number of likely N-dealkylation sites (tertiary alicyclic amines) is 1. The van der Waals surface area contributed by atoms with Gasteiger partial charge in [-0.15, -0.1) is 0 Å². The number of hydrogen-bond acceptors (Lipinski definition) is 6. The van der Waals surface area contributed by atoms with Crippen molar-refractivity contribution >= 4 is 34.1 Å². The highest BCUT2D eigenvalue weighted by Gasteiger charge is 2.41. The maximum atomic E-state index is 12.5. The van der Waals surface area contributed by atoms with Crippen LogP contribution in [0.25, 0.3) is 0 Å². The third-order valence-electron chi connectivity index (χ3n) is 3.62. The van der Waals surface area contributed by atoms with E-state index < -0.39 is 5.41 Å². The Labute approximate surface area is 127 Å². The third-order valence-corrected chi connectivity index (χ3v) is 4.61. The Balaban J connectivity index is 2.14. The molecule has 0 aromatic carbocycles. The fraction of sp³-hybridized carbons (Fsp3) is 0.615. The van der Waals surface area contributed by atoms with Crippen LogP contribution in [0, 0.1) is 5.41 Å². The molecular weight excluding hydrogens is 290 g/mol. The smallest absolute Gasteiger partial charge is 0.267 e. The van der Waals surface area contributed by atoms with Gasteiger partial charge >= 0.3 is 0 Å². The van der Waals surface area contributed by atoms with Crippen molar-refractivity contribution in [2.45, 2.75) is 33.2 Å². The molecule has 1 aromatic rings. The predicted octanol–water partition coefficient (Wildman–Crippen LogP) is 0.883. The normalized spacial score (nSPS) is 21.8. The Morgan fingerprint density at radius 1 is 1.48 bits per heavy atom. The highest BCUT2D eigenvalue weighted by Crippen LogP contribution is 2.33. The molecule has 1 aromatic heterocycles. The average molecular weight is 311 g/mol. The number of thiazole rings is 1. The highest BCUT2D eigenvalue weighted by molar-refractivity contribution is 7.18. The van der Waals surface area contributed by atoms with Gasteiger partial charge in [0.05, 0.1) is 5.41 Å². The van der Waals surface area contributed by atoms with Gasteiger partial charge in [-0.25, -0.2) is 4.98 Å². The van der Waals surface area contributed by atoms with Crippen LogP contribution < -0.4 is 16.8 Å². The predicted molar refractivity (Wildman–Crippen MR) is 83.1 cm³/mol. The molecule has 0 radical (unpaired) electrons. The molecule has 1 unspecified atom stereocenters. The van der Waals surface area contributed by atoms with Gasteiger partial charge in [0.25, 0.3) is 5.91 Å². The van der Waals surface area contributed by atoms with Crippen LogP contribution in [0.3, 0.4) is 0 Å². The summed E-state index contributed by atoms with van der Waals surface area (Å²) in [5, 5.41) is 3.76. The topological polar surface area (TPSA) is 114 Å². The summed E-state index contributed by atoms with van der Waals surface area (Å²) >= 11 is 1.24. The Hall–Kier alpha value is -1.83. The molecule has 2 heterocycles. The first-order chi connectivity index (χ1) is 9.73. The molecule has 1 saturated heterocycles. The van der Waals surface area contributed by atoms with Crippen LogP contribution in [0.5, 0.6) is 0 Å². The van der Waals surface area contributed by atoms with Crippen LogP contribution in [-0.2, 0) is 4.79 Å². The van der Waals surface area contributed by atoms with Crippen molar-refractivity contribution in [1.29, 1.82) is 0 Å². The molecule has 1 aliphatic heterocycles. The molecule has 1 fully saturated rings. The fourth-order valence-electron chi connectivity index (χ4n) is 2.27. The second-order valence-corrected chi connectivity index (χ2v) is 6.93. The number of nitrogens with one attached hydrogen (secondary N) is 1. The van der Waals surface area contributed by atoms with Crippen LogP contribution in [-0.4, -0.2) is 40.8 Å². The number of amides is 2. The van der Waals surface area contributed by atoms with Crippen molar-refractivity contribution in [3.63, 3.8) is 0 Å². The number of aromatic nitrogens is 1. The Kier molecular flexibility index (Phi) is 4.08. The number of primary amides is 1. The molecule has 0 spiro atoms. The average Bonchev–Trinajstić information content (AvgIpc) is 2.93. The summed E-state index contributed by atoms with van der Waals surface area (Å²) in [5.74, 6) is -0.343. The van der Waals surface area contributed by atoms with Crippen LogP contribution in [0.2, 0.25) is 0 Å². The van der Waals surface area contributed by atoms with Gasteiger partial charge in [0.1, 0.15) is 10.7 Å². The van der Waals surface area contributed by atoms with Gasteiger partial charge in [-0.3, -0.25) is 9.59 Å². The van der Waals surface area contributed by atoms with E-state index in [2.05, 4.69) is 10.3 Å². The zero-order valence-electron chi connectivity index (χ0n) is 12.5. The SMILES string of the molecule is CC(C)Nc1nc(N)c(C(=O)N2CCC(C)(C(N)=O)C2)s1. The molecule has 0 aliphatic carbocycles. The number of carbonyl (C=O) groups is 2. The van der Waals surface area contributed by atoms with Gasteiger partial charge in [0, 0.05) is 19.1 Å². The fourth-order valence-corrected chi connectivity index (χ4v) is 3.27. The lowest BCUT2D eigenvalue weighted by molar-refractivity contribution is -0.126. The summed E-state index contributed by atoms with van der Waals surface area (Å²) in [5.41, 5.74) is 10.6. The van der Waals surface area contributed by atoms with Crippen molar-refractivity contribution in [2.24, 2.45) is 11.1 Å². The Bertz CT molecular complexity index is 571. The summed E-state index contributed by atoms with van der Waals surface area (Å²) in [6.07, 6.45) is 0.573. The Morgan fingerprint density at radius 3 is 2.67 bits per heavy atom. The van der Waals surface area contributed by atoms with Crippen LogP contribution in [0.1, 0.15) is 36.9 Å². The van der Waals surface area contributed by atoms with Crippen molar-refractivity contribution < 1.29 is 9.59 Å². The lowest BCUT2D eigenvalue weighted by atomic mass is 9.89. The molecule has 2 amide bonds. The van der Waals surface area contributed by atoms with Gasteiger partial charge in [0.15, 0.2) is 5.13 Å². The first-order valence-electron chi connectivity index (χ1n) is 6.85. The van der Waals surface area contributed by atoms with E-state index in [1.807, 2.05) is 13.8 Å². The van der Waals surface area contributed by atoms with Crippen LogP contribution in [0.15, 0.2) is 0 Å². The lowest BCUT2D eigenvalue weighted by Crippen LogP contribution is -2.38. The number of anilines is 2. The molecular formula is C13H21N5O2S. The van der Waals surface area contributed by atoms with E-state index in [0.29, 0.717) is 29.5 Å². The summed E-state index contributed by atoms with van der Waals surface area (Å²) < 4.78 is 0. The monoisotopic (exact) mass is 311 g/mol. The molecule has 1 atom stereocenters. The van der Waals surface area contributed by atoms with E-state index in [1.54, 1.807) is 11.8 Å². The number of rotatable bonds is 4. The minimum Gasteiger partial charge on any atom is -0.382 e. The lowest BCUT2D eigenvalue weighted by Gasteiger charge is -2.20. The van der Waals surface area contributed by atoms with Gasteiger partial charge in [0.2, 0.25) is 5.91 Å². The minimum atomic E-state index is -0.659. The number of nitrogens with two attached hydrogens (primary N) is 2. The maximum Gasteiger partial charge on any atom is 0.267 e.